The lowest BCUT2D eigenvalue weighted by molar-refractivity contribution is -0.151. The molecule has 1 aromatic heterocycles. The standard InChI is InChI=1S/C23H30FN2O9P/c1-13(2)33-22(29)15(4)12-36(31,35-16-8-6-5-7-9-16)32-11-17-19(27)18(24)21(34-17)26-10-14(3)20(28)25-23(26)30/h5-10,13,15,17-19,21,27H,11-12H2,1-4H3,(H,25,28,30)/t15-,17+,18-,19?,21+,36?/m1/s1. The van der Waals surface area contributed by atoms with Crippen molar-refractivity contribution < 1.29 is 37.4 Å². The molecule has 3 rings (SSSR count). The first-order valence-corrected chi connectivity index (χ1v) is 13.1. The molecule has 6 atom stereocenters. The van der Waals surface area contributed by atoms with Crippen LogP contribution in [0.2, 0.25) is 0 Å². The molecule has 11 nitrogen and oxygen atoms in total. The fraction of sp³-hybridized carbons (Fsp3) is 0.522. The zero-order valence-electron chi connectivity index (χ0n) is 20.3. The van der Waals surface area contributed by atoms with Crippen LogP contribution >= 0.6 is 7.60 Å². The van der Waals surface area contributed by atoms with E-state index in [1.54, 1.807) is 44.2 Å². The first-order chi connectivity index (χ1) is 16.9. The van der Waals surface area contributed by atoms with Gasteiger partial charge in [-0.25, -0.2) is 13.8 Å². The number of hydrogen-bond donors (Lipinski definition) is 2. The van der Waals surface area contributed by atoms with Crippen molar-refractivity contribution in [3.8, 4) is 5.75 Å². The molecule has 2 aromatic rings. The highest BCUT2D eigenvalue weighted by Crippen LogP contribution is 2.50. The summed E-state index contributed by atoms with van der Waals surface area (Å²) in [5.74, 6) is -1.24. The lowest BCUT2D eigenvalue weighted by Gasteiger charge is -2.24. The summed E-state index contributed by atoms with van der Waals surface area (Å²) in [6.07, 6.45) is -6.26. The van der Waals surface area contributed by atoms with Crippen LogP contribution in [0.25, 0.3) is 0 Å². The van der Waals surface area contributed by atoms with Gasteiger partial charge in [-0.15, -0.1) is 0 Å². The molecule has 36 heavy (non-hydrogen) atoms. The van der Waals surface area contributed by atoms with E-state index >= 15 is 0 Å². The minimum atomic E-state index is -4.04. The minimum absolute atomic E-state index is 0.141. The quantitative estimate of drug-likeness (QED) is 0.350. The van der Waals surface area contributed by atoms with Gasteiger partial charge >= 0.3 is 19.3 Å². The van der Waals surface area contributed by atoms with Gasteiger partial charge in [-0.1, -0.05) is 25.1 Å². The third-order valence-electron chi connectivity index (χ3n) is 5.39. The van der Waals surface area contributed by atoms with E-state index in [0.717, 1.165) is 10.8 Å². The maximum absolute atomic E-state index is 14.9. The van der Waals surface area contributed by atoms with Gasteiger partial charge in [-0.05, 0) is 32.9 Å². The topological polar surface area (TPSA) is 146 Å². The Kier molecular flexibility index (Phi) is 8.89. The number of alkyl halides is 1. The van der Waals surface area contributed by atoms with Crippen molar-refractivity contribution in [1.29, 1.82) is 0 Å². The van der Waals surface area contributed by atoms with E-state index in [1.807, 2.05) is 4.98 Å². The SMILES string of the molecule is Cc1cn([C@H]2O[C@@H](COP(=O)(C[C@@H](C)C(=O)OC(C)C)Oc3ccccc3)C(O)[C@H]2F)c(=O)[nH]c1=O. The second kappa shape index (κ2) is 11.5. The van der Waals surface area contributed by atoms with Crippen molar-refractivity contribution >= 4 is 13.6 Å². The maximum atomic E-state index is 14.9. The van der Waals surface area contributed by atoms with Crippen LogP contribution in [0.5, 0.6) is 5.75 Å². The van der Waals surface area contributed by atoms with Crippen LogP contribution in [0.3, 0.4) is 0 Å². The molecule has 198 valence electrons. The van der Waals surface area contributed by atoms with E-state index < -0.39 is 61.9 Å². The van der Waals surface area contributed by atoms with E-state index in [0.29, 0.717) is 0 Å². The van der Waals surface area contributed by atoms with Gasteiger partial charge in [-0.3, -0.25) is 23.7 Å². The number of aromatic amines is 1. The number of nitrogens with zero attached hydrogens (tertiary/aromatic N) is 1. The molecule has 0 spiro atoms. The lowest BCUT2D eigenvalue weighted by atomic mass is 10.1. The number of rotatable bonds is 10. The van der Waals surface area contributed by atoms with Crippen LogP contribution in [0.1, 0.15) is 32.6 Å². The molecule has 0 amide bonds. The molecule has 1 saturated heterocycles. The molecule has 2 heterocycles. The second-order valence-electron chi connectivity index (χ2n) is 8.86. The van der Waals surface area contributed by atoms with Crippen molar-refractivity contribution in [3.63, 3.8) is 0 Å². The molecule has 2 N–H and O–H groups in total. The van der Waals surface area contributed by atoms with Crippen LogP contribution in [0.15, 0.2) is 46.1 Å². The van der Waals surface area contributed by atoms with Crippen molar-refractivity contribution in [2.75, 3.05) is 12.8 Å². The van der Waals surface area contributed by atoms with Gasteiger partial charge < -0.3 is 19.1 Å². The highest BCUT2D eigenvalue weighted by molar-refractivity contribution is 7.54. The fourth-order valence-corrected chi connectivity index (χ4v) is 5.41. The third kappa shape index (κ3) is 6.70. The van der Waals surface area contributed by atoms with Crippen molar-refractivity contribution in [2.24, 2.45) is 5.92 Å². The summed E-state index contributed by atoms with van der Waals surface area (Å²) >= 11 is 0. The number of nitrogens with one attached hydrogen (secondary N) is 1. The fourth-order valence-electron chi connectivity index (χ4n) is 3.54. The smallest absolute Gasteiger partial charge is 0.380 e. The highest BCUT2D eigenvalue weighted by atomic mass is 31.2. The lowest BCUT2D eigenvalue weighted by Crippen LogP contribution is -2.36. The van der Waals surface area contributed by atoms with Crippen molar-refractivity contribution in [1.82, 2.24) is 9.55 Å². The van der Waals surface area contributed by atoms with Crippen LogP contribution in [-0.4, -0.2) is 57.9 Å². The van der Waals surface area contributed by atoms with Crippen LogP contribution in [0, 0.1) is 12.8 Å². The van der Waals surface area contributed by atoms with Gasteiger partial charge in [0.05, 0.1) is 24.8 Å². The number of para-hydroxylation sites is 1. The number of carbonyl (C=O) groups is 1. The average molecular weight is 528 g/mol. The average Bonchev–Trinajstić information content (AvgIpc) is 3.08. The highest BCUT2D eigenvalue weighted by Gasteiger charge is 2.47. The molecular formula is C23H30FN2O9P. The molecule has 0 saturated carbocycles. The largest absolute Gasteiger partial charge is 0.463 e. The third-order valence-corrected chi connectivity index (χ3v) is 7.42. The number of aliphatic hydroxyl groups excluding tert-OH is 1. The summed E-state index contributed by atoms with van der Waals surface area (Å²) in [5, 5.41) is 10.4. The van der Waals surface area contributed by atoms with Crippen LogP contribution in [-0.2, 0) is 23.4 Å². The summed E-state index contributed by atoms with van der Waals surface area (Å²) in [5.41, 5.74) is -1.40. The monoisotopic (exact) mass is 528 g/mol. The Balaban J connectivity index is 1.77. The van der Waals surface area contributed by atoms with Gasteiger partial charge in [0.2, 0.25) is 0 Å². The van der Waals surface area contributed by atoms with E-state index in [1.165, 1.54) is 13.8 Å². The van der Waals surface area contributed by atoms with E-state index in [-0.39, 0.29) is 23.6 Å². The Morgan fingerprint density at radius 3 is 2.56 bits per heavy atom. The number of halogens is 1. The minimum Gasteiger partial charge on any atom is -0.463 e. The van der Waals surface area contributed by atoms with Crippen LogP contribution in [0.4, 0.5) is 4.39 Å². The van der Waals surface area contributed by atoms with Gasteiger partial charge in [0.1, 0.15) is 18.0 Å². The van der Waals surface area contributed by atoms with Gasteiger partial charge in [0.25, 0.3) is 5.56 Å². The Bertz CT molecular complexity index is 1220. The normalized spacial score (nSPS) is 24.3. The number of benzene rings is 1. The summed E-state index contributed by atoms with van der Waals surface area (Å²) in [6, 6.07) is 8.13. The molecule has 0 aliphatic carbocycles. The summed E-state index contributed by atoms with van der Waals surface area (Å²) in [4.78, 5) is 38.1. The first kappa shape index (κ1) is 27.8. The number of hydrogen-bond acceptors (Lipinski definition) is 9. The van der Waals surface area contributed by atoms with Gasteiger partial charge in [0, 0.05) is 11.8 Å². The molecule has 1 aliphatic heterocycles. The zero-order chi connectivity index (χ0) is 26.6. The predicted octanol–water partition coefficient (Wildman–Crippen LogP) is 2.32. The number of aromatic nitrogens is 2. The van der Waals surface area contributed by atoms with Crippen molar-refractivity contribution in [3.05, 3.63) is 62.9 Å². The number of H-pyrrole nitrogens is 1. The molecule has 1 aromatic carbocycles. The number of esters is 1. The molecule has 1 aliphatic rings. The Labute approximate surface area is 206 Å². The van der Waals surface area contributed by atoms with Gasteiger partial charge in [0.15, 0.2) is 12.4 Å². The molecule has 2 unspecified atom stereocenters. The van der Waals surface area contributed by atoms with E-state index in [9.17, 15) is 28.4 Å². The Hall–Kier alpha value is -2.79. The molecular weight excluding hydrogens is 498 g/mol. The predicted molar refractivity (Wildman–Crippen MR) is 127 cm³/mol. The first-order valence-electron chi connectivity index (χ1n) is 11.4. The maximum Gasteiger partial charge on any atom is 0.380 e. The van der Waals surface area contributed by atoms with Crippen LogP contribution < -0.4 is 15.8 Å². The van der Waals surface area contributed by atoms with E-state index in [4.69, 9.17) is 18.5 Å². The zero-order valence-corrected chi connectivity index (χ0v) is 21.2. The van der Waals surface area contributed by atoms with Gasteiger partial charge in [-0.2, -0.15) is 0 Å². The number of aryl methyl sites for hydroxylation is 1. The van der Waals surface area contributed by atoms with Crippen molar-refractivity contribution in [2.45, 2.75) is 58.4 Å². The summed E-state index contributed by atoms with van der Waals surface area (Å²) < 4.78 is 51.2. The number of aliphatic hydroxyl groups is 1. The van der Waals surface area contributed by atoms with E-state index in [2.05, 4.69) is 0 Å². The number of carbonyl (C=O) groups excluding carboxylic acids is 1. The Morgan fingerprint density at radius 2 is 1.92 bits per heavy atom. The Morgan fingerprint density at radius 1 is 1.25 bits per heavy atom. The summed E-state index contributed by atoms with van der Waals surface area (Å²) in [6.45, 7) is 5.73. The number of ether oxygens (including phenoxy) is 2. The second-order valence-corrected chi connectivity index (χ2v) is 10.9. The molecule has 1 fully saturated rings. The molecule has 13 heteroatoms. The molecule has 0 radical (unpaired) electrons. The summed E-state index contributed by atoms with van der Waals surface area (Å²) in [7, 11) is -4.04. The molecule has 0 bridgehead atoms.